The second-order valence-corrected chi connectivity index (χ2v) is 7.01. The van der Waals surface area contributed by atoms with Crippen LogP contribution < -0.4 is 0 Å². The number of amides is 1. The molecule has 0 bridgehead atoms. The Kier molecular flexibility index (Phi) is 4.29. The second-order valence-electron chi connectivity index (χ2n) is 7.01. The quantitative estimate of drug-likeness (QED) is 0.789. The van der Waals surface area contributed by atoms with Crippen molar-refractivity contribution in [2.75, 3.05) is 13.1 Å². The van der Waals surface area contributed by atoms with E-state index in [0.717, 1.165) is 49.8 Å². The van der Waals surface area contributed by atoms with Crippen LogP contribution in [0.3, 0.4) is 0 Å². The average molecular weight is 345 g/mol. The smallest absolute Gasteiger partial charge is 0.229 e. The minimum absolute atomic E-state index is 0.0401. The number of oxazole rings is 1. The number of aryl methyl sites for hydroxylation is 1. The lowest BCUT2D eigenvalue weighted by atomic mass is 10.2. The van der Waals surface area contributed by atoms with Crippen LogP contribution in [0.5, 0.6) is 0 Å². The first kappa shape index (κ1) is 16.3. The van der Waals surface area contributed by atoms with Crippen LogP contribution in [-0.4, -0.2) is 50.0 Å². The fourth-order valence-corrected chi connectivity index (χ4v) is 3.36. The van der Waals surface area contributed by atoms with E-state index in [2.05, 4.69) is 20.0 Å². The van der Waals surface area contributed by atoms with E-state index in [1.165, 1.54) is 0 Å². The molecule has 0 aromatic carbocycles. The zero-order valence-corrected chi connectivity index (χ0v) is 14.6. The number of carbonyl (C=O) groups excluding carboxylic acids is 1. The predicted molar refractivity (Wildman–Crippen MR) is 87.4 cm³/mol. The maximum atomic E-state index is 12.1. The number of hydrogen-bond donors (Lipinski definition) is 0. The molecule has 1 saturated heterocycles. The van der Waals surface area contributed by atoms with Gasteiger partial charge in [0.1, 0.15) is 5.76 Å². The minimum Gasteiger partial charge on any atom is -0.444 e. The number of aromatic nitrogens is 3. The molecule has 3 heterocycles. The summed E-state index contributed by atoms with van der Waals surface area (Å²) in [5, 5.41) is 4.08. The van der Waals surface area contributed by atoms with Gasteiger partial charge in [-0.15, -0.1) is 0 Å². The van der Waals surface area contributed by atoms with Crippen molar-refractivity contribution in [2.24, 2.45) is 0 Å². The predicted octanol–water partition coefficient (Wildman–Crippen LogP) is 1.87. The number of hydrogen-bond acceptors (Lipinski definition) is 7. The van der Waals surface area contributed by atoms with Gasteiger partial charge >= 0.3 is 0 Å². The van der Waals surface area contributed by atoms with Gasteiger partial charge in [0.15, 0.2) is 5.82 Å². The SMILES string of the molecule is CC(=O)N(Cc1ncc(C)o1)[C@H]1CCN(Cc2noc(C3CC3)n2)C1. The van der Waals surface area contributed by atoms with Crippen LogP contribution in [0.25, 0.3) is 0 Å². The van der Waals surface area contributed by atoms with Gasteiger partial charge in [0, 0.05) is 32.0 Å². The van der Waals surface area contributed by atoms with Gasteiger partial charge < -0.3 is 13.8 Å². The highest BCUT2D eigenvalue weighted by Crippen LogP contribution is 2.38. The summed E-state index contributed by atoms with van der Waals surface area (Å²) in [4.78, 5) is 24.9. The lowest BCUT2D eigenvalue weighted by Crippen LogP contribution is -2.40. The number of carbonyl (C=O) groups is 1. The Bertz CT molecular complexity index is 751. The number of likely N-dealkylation sites (tertiary alicyclic amines) is 1. The van der Waals surface area contributed by atoms with Crippen molar-refractivity contribution in [3.8, 4) is 0 Å². The second kappa shape index (κ2) is 6.59. The topological polar surface area (TPSA) is 88.5 Å². The Hall–Kier alpha value is -2.22. The number of nitrogens with zero attached hydrogens (tertiary/aromatic N) is 5. The Labute approximate surface area is 146 Å². The molecule has 2 fully saturated rings. The molecule has 1 aliphatic heterocycles. The summed E-state index contributed by atoms with van der Waals surface area (Å²) in [6.45, 7) is 6.23. The molecular weight excluding hydrogens is 322 g/mol. The third kappa shape index (κ3) is 3.73. The van der Waals surface area contributed by atoms with Crippen molar-refractivity contribution in [2.45, 2.75) is 58.2 Å². The van der Waals surface area contributed by atoms with E-state index in [1.54, 1.807) is 13.1 Å². The first-order chi connectivity index (χ1) is 12.1. The van der Waals surface area contributed by atoms with Crippen LogP contribution in [0.1, 0.15) is 55.5 Å². The largest absolute Gasteiger partial charge is 0.444 e. The summed E-state index contributed by atoms with van der Waals surface area (Å²) in [6.07, 6.45) is 4.91. The molecule has 25 heavy (non-hydrogen) atoms. The highest BCUT2D eigenvalue weighted by Gasteiger charge is 2.32. The summed E-state index contributed by atoms with van der Waals surface area (Å²) in [7, 11) is 0. The van der Waals surface area contributed by atoms with Gasteiger partial charge in [-0.2, -0.15) is 4.98 Å². The Morgan fingerprint density at radius 3 is 2.92 bits per heavy atom. The van der Waals surface area contributed by atoms with Crippen LogP contribution in [0.15, 0.2) is 15.1 Å². The molecular formula is C17H23N5O3. The average Bonchev–Trinajstić information content (AvgIpc) is 2.95. The molecule has 134 valence electrons. The summed E-state index contributed by atoms with van der Waals surface area (Å²) in [5.74, 6) is 3.37. The van der Waals surface area contributed by atoms with Crippen LogP contribution in [0.4, 0.5) is 0 Å². The Morgan fingerprint density at radius 1 is 1.40 bits per heavy atom. The standard InChI is InChI=1S/C17H23N5O3/c1-11-7-18-16(24-11)10-22(12(2)23)14-5-6-21(8-14)9-15-19-17(25-20-15)13-3-4-13/h7,13-14H,3-6,8-10H2,1-2H3/t14-/m0/s1. The van der Waals surface area contributed by atoms with Crippen molar-refractivity contribution >= 4 is 5.91 Å². The summed E-state index contributed by atoms with van der Waals surface area (Å²) < 4.78 is 10.8. The van der Waals surface area contributed by atoms with Crippen molar-refractivity contribution in [3.63, 3.8) is 0 Å². The fourth-order valence-electron chi connectivity index (χ4n) is 3.36. The highest BCUT2D eigenvalue weighted by atomic mass is 16.5. The van der Waals surface area contributed by atoms with E-state index in [1.807, 2.05) is 11.8 Å². The lowest BCUT2D eigenvalue weighted by Gasteiger charge is -2.26. The normalized spacial score (nSPS) is 21.0. The molecule has 1 atom stereocenters. The molecule has 2 aromatic rings. The van der Waals surface area contributed by atoms with Gasteiger partial charge in [-0.05, 0) is 26.2 Å². The molecule has 8 nitrogen and oxygen atoms in total. The molecule has 0 unspecified atom stereocenters. The van der Waals surface area contributed by atoms with Crippen molar-refractivity contribution < 1.29 is 13.7 Å². The summed E-state index contributed by atoms with van der Waals surface area (Å²) in [5.41, 5.74) is 0. The third-order valence-corrected chi connectivity index (χ3v) is 4.84. The Morgan fingerprint density at radius 2 is 2.24 bits per heavy atom. The molecule has 0 radical (unpaired) electrons. The van der Waals surface area contributed by atoms with E-state index in [4.69, 9.17) is 8.94 Å². The van der Waals surface area contributed by atoms with Gasteiger partial charge in [0.25, 0.3) is 0 Å². The Balaban J connectivity index is 1.36. The van der Waals surface area contributed by atoms with E-state index < -0.39 is 0 Å². The molecule has 2 aliphatic rings. The van der Waals surface area contributed by atoms with E-state index in [0.29, 0.717) is 24.9 Å². The first-order valence-corrected chi connectivity index (χ1v) is 8.82. The minimum atomic E-state index is 0.0401. The summed E-state index contributed by atoms with van der Waals surface area (Å²) in [6, 6.07) is 0.152. The van der Waals surface area contributed by atoms with Crippen molar-refractivity contribution in [1.29, 1.82) is 0 Å². The van der Waals surface area contributed by atoms with Crippen molar-refractivity contribution in [1.82, 2.24) is 24.9 Å². The fraction of sp³-hybridized carbons (Fsp3) is 0.647. The monoisotopic (exact) mass is 345 g/mol. The molecule has 8 heteroatoms. The summed E-state index contributed by atoms with van der Waals surface area (Å²) >= 11 is 0. The van der Waals surface area contributed by atoms with E-state index >= 15 is 0 Å². The van der Waals surface area contributed by atoms with Gasteiger partial charge in [-0.25, -0.2) is 4.98 Å². The molecule has 0 spiro atoms. The third-order valence-electron chi connectivity index (χ3n) is 4.84. The lowest BCUT2D eigenvalue weighted by molar-refractivity contribution is -0.132. The zero-order valence-electron chi connectivity index (χ0n) is 14.6. The molecule has 1 aliphatic carbocycles. The van der Waals surface area contributed by atoms with Gasteiger partial charge in [-0.1, -0.05) is 5.16 Å². The molecule has 4 rings (SSSR count). The molecule has 2 aromatic heterocycles. The van der Waals surface area contributed by atoms with E-state index in [9.17, 15) is 4.79 Å². The van der Waals surface area contributed by atoms with Gasteiger partial charge in [0.2, 0.25) is 17.7 Å². The van der Waals surface area contributed by atoms with Crippen LogP contribution in [0, 0.1) is 6.92 Å². The van der Waals surface area contributed by atoms with Gasteiger partial charge in [0.05, 0.1) is 19.3 Å². The maximum Gasteiger partial charge on any atom is 0.229 e. The molecule has 1 amide bonds. The van der Waals surface area contributed by atoms with Crippen LogP contribution in [-0.2, 0) is 17.9 Å². The van der Waals surface area contributed by atoms with Gasteiger partial charge in [-0.3, -0.25) is 9.69 Å². The first-order valence-electron chi connectivity index (χ1n) is 8.82. The molecule has 1 saturated carbocycles. The van der Waals surface area contributed by atoms with Crippen LogP contribution in [0.2, 0.25) is 0 Å². The zero-order chi connectivity index (χ0) is 17.4. The van der Waals surface area contributed by atoms with Crippen molar-refractivity contribution in [3.05, 3.63) is 29.6 Å². The maximum absolute atomic E-state index is 12.1. The highest BCUT2D eigenvalue weighted by molar-refractivity contribution is 5.73. The van der Waals surface area contributed by atoms with Crippen LogP contribution >= 0.6 is 0 Å². The molecule has 0 N–H and O–H groups in total. The number of rotatable bonds is 6. The van der Waals surface area contributed by atoms with E-state index in [-0.39, 0.29) is 11.9 Å².